The molecule has 8 nitrogen and oxygen atoms in total. The molecule has 3 aromatic rings. The average Bonchev–Trinajstić information content (AvgIpc) is 3.09. The number of pyridine rings is 1. The van der Waals surface area contributed by atoms with Crippen molar-refractivity contribution in [2.24, 2.45) is 20.0 Å². The van der Waals surface area contributed by atoms with E-state index in [9.17, 15) is 9.59 Å². The largest absolute Gasteiger partial charge is 0.339 e. The summed E-state index contributed by atoms with van der Waals surface area (Å²) in [5.41, 5.74) is 3.94. The van der Waals surface area contributed by atoms with Crippen molar-refractivity contribution in [2.45, 2.75) is 33.2 Å². The van der Waals surface area contributed by atoms with Gasteiger partial charge in [-0.1, -0.05) is 0 Å². The second-order valence-corrected chi connectivity index (χ2v) is 7.70. The molecular formula is C20H26N6O2. The van der Waals surface area contributed by atoms with E-state index < -0.39 is 0 Å². The number of fused-ring (bicyclic) bond motifs is 1. The van der Waals surface area contributed by atoms with E-state index >= 15 is 0 Å². The Morgan fingerprint density at radius 1 is 1.21 bits per heavy atom. The minimum atomic E-state index is -0.0335. The smallest absolute Gasteiger partial charge is 0.330 e. The molecule has 1 saturated heterocycles. The summed E-state index contributed by atoms with van der Waals surface area (Å²) in [4.78, 5) is 31.9. The minimum absolute atomic E-state index is 0.0335. The van der Waals surface area contributed by atoms with E-state index in [0.29, 0.717) is 25.6 Å². The summed E-state index contributed by atoms with van der Waals surface area (Å²) in [5.74, 6) is 0.413. The Morgan fingerprint density at radius 3 is 2.57 bits per heavy atom. The monoisotopic (exact) mass is 382 g/mol. The SMILES string of the molecule is Cc1nn(C)c(C)c1C(=O)N1CCC(Cn2c(=O)n(C)c3cccnc32)CC1. The lowest BCUT2D eigenvalue weighted by atomic mass is 9.96. The number of rotatable bonds is 3. The summed E-state index contributed by atoms with van der Waals surface area (Å²) >= 11 is 0. The minimum Gasteiger partial charge on any atom is -0.339 e. The zero-order valence-electron chi connectivity index (χ0n) is 16.8. The van der Waals surface area contributed by atoms with Gasteiger partial charge in [-0.2, -0.15) is 5.10 Å². The number of piperidine rings is 1. The molecule has 0 saturated carbocycles. The number of aryl methyl sites for hydroxylation is 3. The molecule has 4 rings (SSSR count). The molecule has 1 amide bonds. The molecule has 0 aliphatic carbocycles. The highest BCUT2D eigenvalue weighted by atomic mass is 16.2. The number of nitrogens with zero attached hydrogens (tertiary/aromatic N) is 6. The molecule has 0 N–H and O–H groups in total. The number of amides is 1. The number of carbonyl (C=O) groups is 1. The summed E-state index contributed by atoms with van der Waals surface area (Å²) in [5, 5.41) is 4.36. The molecule has 148 valence electrons. The van der Waals surface area contributed by atoms with Crippen LogP contribution in [0.2, 0.25) is 0 Å². The zero-order chi connectivity index (χ0) is 20.0. The lowest BCUT2D eigenvalue weighted by Crippen LogP contribution is -2.40. The van der Waals surface area contributed by atoms with Crippen LogP contribution in [0.1, 0.15) is 34.6 Å². The second-order valence-electron chi connectivity index (χ2n) is 7.70. The highest BCUT2D eigenvalue weighted by Crippen LogP contribution is 2.23. The fourth-order valence-corrected chi connectivity index (χ4v) is 4.22. The van der Waals surface area contributed by atoms with Gasteiger partial charge in [-0.15, -0.1) is 0 Å². The maximum absolute atomic E-state index is 13.0. The molecule has 0 bridgehead atoms. The van der Waals surface area contributed by atoms with Gasteiger partial charge in [0.05, 0.1) is 16.8 Å². The van der Waals surface area contributed by atoms with Crippen molar-refractivity contribution in [3.63, 3.8) is 0 Å². The number of hydrogen-bond donors (Lipinski definition) is 0. The molecule has 1 aliphatic rings. The van der Waals surface area contributed by atoms with Gasteiger partial charge in [0.2, 0.25) is 0 Å². The molecule has 1 fully saturated rings. The molecular weight excluding hydrogens is 356 g/mol. The lowest BCUT2D eigenvalue weighted by molar-refractivity contribution is 0.0681. The standard InChI is InChI=1S/C20H26N6O2/c1-13-17(14(2)24(4)22-13)19(27)25-10-7-15(8-11-25)12-26-18-16(6-5-9-21-18)23(3)20(26)28/h5-6,9,15H,7-8,10-12H2,1-4H3. The molecule has 1 aliphatic heterocycles. The quantitative estimate of drug-likeness (QED) is 0.690. The summed E-state index contributed by atoms with van der Waals surface area (Å²) in [7, 11) is 3.64. The molecule has 3 aromatic heterocycles. The second kappa shape index (κ2) is 6.92. The fourth-order valence-electron chi connectivity index (χ4n) is 4.22. The van der Waals surface area contributed by atoms with E-state index in [1.54, 1.807) is 27.1 Å². The van der Waals surface area contributed by atoms with Crippen LogP contribution in [0.3, 0.4) is 0 Å². The topological polar surface area (TPSA) is 78.0 Å². The number of carbonyl (C=O) groups excluding carboxylic acids is 1. The molecule has 0 unspecified atom stereocenters. The lowest BCUT2D eigenvalue weighted by Gasteiger charge is -2.32. The Kier molecular flexibility index (Phi) is 4.56. The van der Waals surface area contributed by atoms with Crippen molar-refractivity contribution >= 4 is 17.1 Å². The first kappa shape index (κ1) is 18.5. The first-order valence-corrected chi connectivity index (χ1v) is 9.68. The number of hydrogen-bond acceptors (Lipinski definition) is 4. The van der Waals surface area contributed by atoms with Crippen molar-refractivity contribution < 1.29 is 4.79 Å². The van der Waals surface area contributed by atoms with Gasteiger partial charge in [0.1, 0.15) is 0 Å². The van der Waals surface area contributed by atoms with Crippen LogP contribution in [0.15, 0.2) is 23.1 Å². The van der Waals surface area contributed by atoms with Crippen molar-refractivity contribution in [1.29, 1.82) is 0 Å². The summed E-state index contributed by atoms with van der Waals surface area (Å²) in [6.07, 6.45) is 3.47. The van der Waals surface area contributed by atoms with Crippen LogP contribution in [0.25, 0.3) is 11.2 Å². The van der Waals surface area contributed by atoms with Crippen molar-refractivity contribution in [3.8, 4) is 0 Å². The predicted octanol–water partition coefficient (Wildman–Crippen LogP) is 1.64. The summed E-state index contributed by atoms with van der Waals surface area (Å²) in [6, 6.07) is 3.76. The van der Waals surface area contributed by atoms with Gasteiger partial charge < -0.3 is 4.90 Å². The van der Waals surface area contributed by atoms with E-state index in [2.05, 4.69) is 10.1 Å². The van der Waals surface area contributed by atoms with Gasteiger partial charge in [0, 0.05) is 45.6 Å². The van der Waals surface area contributed by atoms with Gasteiger partial charge in [-0.3, -0.25) is 18.6 Å². The average molecular weight is 382 g/mol. The Morgan fingerprint density at radius 2 is 1.93 bits per heavy atom. The first-order valence-electron chi connectivity index (χ1n) is 9.68. The van der Waals surface area contributed by atoms with Crippen molar-refractivity contribution in [2.75, 3.05) is 13.1 Å². The predicted molar refractivity (Wildman–Crippen MR) is 106 cm³/mol. The van der Waals surface area contributed by atoms with Gasteiger partial charge in [0.25, 0.3) is 5.91 Å². The Labute approximate surface area is 163 Å². The Bertz CT molecular complexity index is 1100. The third-order valence-corrected chi connectivity index (χ3v) is 5.97. The normalized spacial score (nSPS) is 15.5. The van der Waals surface area contributed by atoms with Crippen LogP contribution in [-0.2, 0) is 20.6 Å². The Hall–Kier alpha value is -2.90. The van der Waals surface area contributed by atoms with E-state index in [0.717, 1.165) is 41.0 Å². The maximum atomic E-state index is 13.0. The molecule has 0 aromatic carbocycles. The molecule has 0 radical (unpaired) electrons. The van der Waals surface area contributed by atoms with Gasteiger partial charge in [0.15, 0.2) is 5.65 Å². The van der Waals surface area contributed by atoms with Gasteiger partial charge in [-0.05, 0) is 44.7 Å². The number of aromatic nitrogens is 5. The summed E-state index contributed by atoms with van der Waals surface area (Å²) in [6.45, 7) is 5.85. The molecule has 0 spiro atoms. The number of likely N-dealkylation sites (tertiary alicyclic amines) is 1. The maximum Gasteiger partial charge on any atom is 0.330 e. The highest BCUT2D eigenvalue weighted by molar-refractivity contribution is 5.96. The van der Waals surface area contributed by atoms with E-state index in [1.807, 2.05) is 37.9 Å². The van der Waals surface area contributed by atoms with Crippen LogP contribution in [0, 0.1) is 19.8 Å². The van der Waals surface area contributed by atoms with Crippen LogP contribution in [0.5, 0.6) is 0 Å². The van der Waals surface area contributed by atoms with E-state index in [4.69, 9.17) is 0 Å². The van der Waals surface area contributed by atoms with Gasteiger partial charge >= 0.3 is 5.69 Å². The van der Waals surface area contributed by atoms with E-state index in [-0.39, 0.29) is 11.6 Å². The van der Waals surface area contributed by atoms with Crippen LogP contribution in [0.4, 0.5) is 0 Å². The highest BCUT2D eigenvalue weighted by Gasteiger charge is 2.28. The first-order chi connectivity index (χ1) is 13.4. The third-order valence-electron chi connectivity index (χ3n) is 5.97. The fraction of sp³-hybridized carbons (Fsp3) is 0.500. The molecule has 4 heterocycles. The summed E-state index contributed by atoms with van der Waals surface area (Å²) < 4.78 is 5.18. The molecule has 28 heavy (non-hydrogen) atoms. The Balaban J connectivity index is 1.48. The zero-order valence-corrected chi connectivity index (χ0v) is 16.8. The van der Waals surface area contributed by atoms with Crippen molar-refractivity contribution in [3.05, 3.63) is 45.8 Å². The van der Waals surface area contributed by atoms with Crippen LogP contribution >= 0.6 is 0 Å². The van der Waals surface area contributed by atoms with Crippen molar-refractivity contribution in [1.82, 2.24) is 28.8 Å². The number of imidazole rings is 1. The molecule has 0 atom stereocenters. The molecule has 8 heteroatoms. The van der Waals surface area contributed by atoms with E-state index in [1.165, 1.54) is 0 Å². The van der Waals surface area contributed by atoms with Crippen LogP contribution < -0.4 is 5.69 Å². The van der Waals surface area contributed by atoms with Crippen LogP contribution in [-0.4, -0.2) is 47.8 Å². The van der Waals surface area contributed by atoms with Gasteiger partial charge in [-0.25, -0.2) is 9.78 Å². The third kappa shape index (κ3) is 2.93.